The Kier molecular flexibility index (Phi) is 8.50. The van der Waals surface area contributed by atoms with Crippen molar-refractivity contribution in [1.82, 2.24) is 20.1 Å². The number of nitrogens with zero attached hydrogens (tertiary/aromatic N) is 4. The van der Waals surface area contributed by atoms with Crippen molar-refractivity contribution in [2.45, 2.75) is 39.2 Å². The Balaban J connectivity index is 1.71. The molecule has 0 aliphatic carbocycles. The molecule has 1 aromatic heterocycles. The van der Waals surface area contributed by atoms with Gasteiger partial charge in [0.1, 0.15) is 5.82 Å². The van der Waals surface area contributed by atoms with Crippen molar-refractivity contribution >= 4 is 23.4 Å². The lowest BCUT2D eigenvalue weighted by molar-refractivity contribution is -0.133. The highest BCUT2D eigenvalue weighted by atomic mass is 16.2. The first-order chi connectivity index (χ1) is 13.5. The third-order valence-electron chi connectivity index (χ3n) is 5.09. The summed E-state index contributed by atoms with van der Waals surface area (Å²) in [6.45, 7) is 8.29. The molecule has 1 atom stereocenters. The van der Waals surface area contributed by atoms with Crippen LogP contribution in [0.5, 0.6) is 0 Å². The molecule has 8 heteroatoms. The minimum Gasteiger partial charge on any atom is -0.357 e. The van der Waals surface area contributed by atoms with Crippen LogP contribution >= 0.6 is 0 Å². The average molecular weight is 391 g/mol. The molecule has 2 rings (SSSR count). The van der Waals surface area contributed by atoms with Crippen molar-refractivity contribution in [2.75, 3.05) is 57.0 Å². The monoisotopic (exact) mass is 390 g/mol. The highest BCUT2D eigenvalue weighted by molar-refractivity contribution is 5.89. The van der Waals surface area contributed by atoms with E-state index in [0.29, 0.717) is 12.2 Å². The van der Waals surface area contributed by atoms with Gasteiger partial charge in [-0.25, -0.2) is 9.78 Å². The molecule has 2 heterocycles. The van der Waals surface area contributed by atoms with E-state index in [1.165, 1.54) is 0 Å². The van der Waals surface area contributed by atoms with Gasteiger partial charge in [-0.15, -0.1) is 0 Å². The molecule has 1 aliphatic heterocycles. The molecule has 0 aromatic carbocycles. The zero-order chi connectivity index (χ0) is 20.5. The summed E-state index contributed by atoms with van der Waals surface area (Å²) in [6.07, 6.45) is 4.45. The second-order valence-electron chi connectivity index (χ2n) is 7.24. The Morgan fingerprint density at radius 3 is 2.61 bits per heavy atom. The zero-order valence-electron chi connectivity index (χ0n) is 17.6. The minimum absolute atomic E-state index is 0.0146. The third-order valence-corrected chi connectivity index (χ3v) is 5.09. The third kappa shape index (κ3) is 6.09. The van der Waals surface area contributed by atoms with Crippen LogP contribution in [0.25, 0.3) is 0 Å². The van der Waals surface area contributed by atoms with Crippen LogP contribution in [0.4, 0.5) is 16.3 Å². The lowest BCUT2D eigenvalue weighted by Gasteiger charge is -2.26. The summed E-state index contributed by atoms with van der Waals surface area (Å²) >= 11 is 0. The van der Waals surface area contributed by atoms with E-state index in [9.17, 15) is 9.59 Å². The van der Waals surface area contributed by atoms with Gasteiger partial charge in [0.2, 0.25) is 5.91 Å². The molecule has 3 amide bonds. The molecule has 1 saturated heterocycles. The predicted octanol–water partition coefficient (Wildman–Crippen LogP) is 1.99. The molecule has 0 saturated carbocycles. The van der Waals surface area contributed by atoms with Crippen LogP contribution in [0.3, 0.4) is 0 Å². The van der Waals surface area contributed by atoms with Crippen LogP contribution in [0.2, 0.25) is 0 Å². The number of carbonyl (C=O) groups is 2. The van der Waals surface area contributed by atoms with Gasteiger partial charge < -0.3 is 20.4 Å². The molecule has 8 nitrogen and oxygen atoms in total. The molecule has 1 aliphatic rings. The number of rotatable bonds is 9. The number of nitrogens with one attached hydrogen (secondary N) is 2. The van der Waals surface area contributed by atoms with E-state index in [-0.39, 0.29) is 18.0 Å². The normalized spacial score (nSPS) is 16.6. The maximum atomic E-state index is 12.2. The highest BCUT2D eigenvalue weighted by Gasteiger charge is 2.30. The van der Waals surface area contributed by atoms with Crippen molar-refractivity contribution < 1.29 is 9.59 Å². The summed E-state index contributed by atoms with van der Waals surface area (Å²) < 4.78 is 0. The lowest BCUT2D eigenvalue weighted by Crippen LogP contribution is -2.43. The largest absolute Gasteiger partial charge is 0.357 e. The number of urea groups is 1. The predicted molar refractivity (Wildman–Crippen MR) is 113 cm³/mol. The standard InChI is InChI=1S/C20H34N6O2/c1-5-25(6-2)18-11-10-16(15-22-18)23-20(28)21-12-8-14-26-13-7-9-17(26)19(27)24(3)4/h10-11,15,17H,5-9,12-14H2,1-4H3,(H2,21,23,28). The Morgan fingerprint density at radius 2 is 2.00 bits per heavy atom. The first kappa shape index (κ1) is 21.9. The van der Waals surface area contributed by atoms with Crippen molar-refractivity contribution in [3.05, 3.63) is 18.3 Å². The summed E-state index contributed by atoms with van der Waals surface area (Å²) in [7, 11) is 3.60. The number of likely N-dealkylation sites (tertiary alicyclic amines) is 1. The minimum atomic E-state index is -0.236. The summed E-state index contributed by atoms with van der Waals surface area (Å²) in [5.74, 6) is 1.08. The van der Waals surface area contributed by atoms with Crippen molar-refractivity contribution in [2.24, 2.45) is 0 Å². The van der Waals surface area contributed by atoms with Crippen LogP contribution < -0.4 is 15.5 Å². The maximum Gasteiger partial charge on any atom is 0.319 e. The number of likely N-dealkylation sites (N-methyl/N-ethyl adjacent to an activating group) is 1. The second kappa shape index (κ2) is 10.8. The highest BCUT2D eigenvalue weighted by Crippen LogP contribution is 2.18. The molecule has 1 fully saturated rings. The van der Waals surface area contributed by atoms with Gasteiger partial charge in [0, 0.05) is 40.3 Å². The van der Waals surface area contributed by atoms with E-state index in [1.807, 2.05) is 12.1 Å². The summed E-state index contributed by atoms with van der Waals surface area (Å²) in [6, 6.07) is 3.53. The molecule has 28 heavy (non-hydrogen) atoms. The van der Waals surface area contributed by atoms with Crippen LogP contribution in [0.1, 0.15) is 33.1 Å². The van der Waals surface area contributed by atoms with E-state index in [0.717, 1.165) is 51.3 Å². The first-order valence-corrected chi connectivity index (χ1v) is 10.2. The molecular weight excluding hydrogens is 356 g/mol. The second-order valence-corrected chi connectivity index (χ2v) is 7.24. The Labute approximate surface area is 168 Å². The Bertz CT molecular complexity index is 630. The van der Waals surface area contributed by atoms with Gasteiger partial charge in [-0.05, 0) is 51.8 Å². The Morgan fingerprint density at radius 1 is 1.25 bits per heavy atom. The van der Waals surface area contributed by atoms with Gasteiger partial charge in [0.15, 0.2) is 0 Å². The van der Waals surface area contributed by atoms with Crippen molar-refractivity contribution in [3.8, 4) is 0 Å². The Hall–Kier alpha value is -2.35. The average Bonchev–Trinajstić information content (AvgIpc) is 3.15. The van der Waals surface area contributed by atoms with Gasteiger partial charge in [0.25, 0.3) is 0 Å². The maximum absolute atomic E-state index is 12.2. The molecule has 0 bridgehead atoms. The first-order valence-electron chi connectivity index (χ1n) is 10.2. The number of hydrogen-bond donors (Lipinski definition) is 2. The number of aromatic nitrogens is 1. The molecule has 156 valence electrons. The molecule has 1 aromatic rings. The molecule has 0 radical (unpaired) electrons. The number of amides is 3. The number of carbonyl (C=O) groups excluding carboxylic acids is 2. The van der Waals surface area contributed by atoms with Gasteiger partial charge in [0.05, 0.1) is 17.9 Å². The van der Waals surface area contributed by atoms with Crippen molar-refractivity contribution in [3.63, 3.8) is 0 Å². The van der Waals surface area contributed by atoms with Crippen LogP contribution in [-0.4, -0.2) is 79.6 Å². The van der Waals surface area contributed by atoms with E-state index in [4.69, 9.17) is 0 Å². The fraction of sp³-hybridized carbons (Fsp3) is 0.650. The van der Waals surface area contributed by atoms with Gasteiger partial charge in [-0.1, -0.05) is 0 Å². The van der Waals surface area contributed by atoms with E-state index in [2.05, 4.69) is 39.3 Å². The molecule has 1 unspecified atom stereocenters. The smallest absolute Gasteiger partial charge is 0.319 e. The van der Waals surface area contributed by atoms with Gasteiger partial charge in [-0.3, -0.25) is 9.69 Å². The van der Waals surface area contributed by atoms with Gasteiger partial charge in [-0.2, -0.15) is 0 Å². The topological polar surface area (TPSA) is 80.8 Å². The number of anilines is 2. The summed E-state index contributed by atoms with van der Waals surface area (Å²) in [4.78, 5) is 34.7. The quantitative estimate of drug-likeness (QED) is 0.631. The SMILES string of the molecule is CCN(CC)c1ccc(NC(=O)NCCCN2CCCC2C(=O)N(C)C)cn1. The van der Waals surface area contributed by atoms with E-state index in [1.54, 1.807) is 25.2 Å². The zero-order valence-corrected chi connectivity index (χ0v) is 17.6. The fourth-order valence-electron chi connectivity index (χ4n) is 3.53. The molecular formula is C20H34N6O2. The summed E-state index contributed by atoms with van der Waals surface area (Å²) in [5.41, 5.74) is 0.671. The van der Waals surface area contributed by atoms with Gasteiger partial charge >= 0.3 is 6.03 Å². The molecule has 0 spiro atoms. The van der Waals surface area contributed by atoms with E-state index >= 15 is 0 Å². The van der Waals surface area contributed by atoms with Crippen LogP contribution in [-0.2, 0) is 4.79 Å². The number of hydrogen-bond acceptors (Lipinski definition) is 5. The van der Waals surface area contributed by atoms with Crippen LogP contribution in [0.15, 0.2) is 18.3 Å². The number of pyridine rings is 1. The molecule has 2 N–H and O–H groups in total. The fourth-order valence-corrected chi connectivity index (χ4v) is 3.53. The lowest BCUT2D eigenvalue weighted by atomic mass is 10.2. The van der Waals surface area contributed by atoms with Crippen molar-refractivity contribution in [1.29, 1.82) is 0 Å². The summed E-state index contributed by atoms with van der Waals surface area (Å²) in [5, 5.41) is 5.68. The van der Waals surface area contributed by atoms with E-state index < -0.39 is 0 Å². The van der Waals surface area contributed by atoms with Crippen LogP contribution in [0, 0.1) is 0 Å².